The van der Waals surface area contributed by atoms with Gasteiger partial charge in [-0.15, -0.1) is 10.2 Å². The minimum absolute atomic E-state index is 0.0627. The Morgan fingerprint density at radius 3 is 2.59 bits per heavy atom. The van der Waals surface area contributed by atoms with E-state index in [1.54, 1.807) is 29.8 Å². The number of carbonyl (C=O) groups is 3. The Kier molecular flexibility index (Phi) is 7.26. The summed E-state index contributed by atoms with van der Waals surface area (Å²) in [5, 5.41) is 23.4. The van der Waals surface area contributed by atoms with Gasteiger partial charge in [-0.05, 0) is 43.7 Å². The van der Waals surface area contributed by atoms with Gasteiger partial charge in [-0.25, -0.2) is 4.79 Å². The number of nitrogens with one attached hydrogen (secondary N) is 2. The van der Waals surface area contributed by atoms with Crippen molar-refractivity contribution in [3.63, 3.8) is 0 Å². The first-order valence-corrected chi connectivity index (χ1v) is 10.8. The van der Waals surface area contributed by atoms with Crippen molar-refractivity contribution in [2.75, 3.05) is 11.1 Å². The van der Waals surface area contributed by atoms with Crippen molar-refractivity contribution >= 4 is 35.2 Å². The summed E-state index contributed by atoms with van der Waals surface area (Å²) in [5.41, 5.74) is 1.97. The van der Waals surface area contributed by atoms with E-state index in [-0.39, 0.29) is 29.2 Å². The number of hydrogen-bond donors (Lipinski definition) is 3. The molecule has 166 valence electrons. The summed E-state index contributed by atoms with van der Waals surface area (Å²) in [6.07, 6.45) is 0. The number of nitrogens with zero attached hydrogens (tertiary/aromatic N) is 3. The summed E-state index contributed by atoms with van der Waals surface area (Å²) in [6.45, 7) is 3.69. The topological polar surface area (TPSA) is 126 Å². The molecule has 1 atom stereocenters. The number of amides is 2. The molecule has 2 amide bonds. The van der Waals surface area contributed by atoms with Gasteiger partial charge in [-0.3, -0.25) is 9.59 Å². The zero-order valence-electron chi connectivity index (χ0n) is 17.8. The molecule has 2 aromatic carbocycles. The van der Waals surface area contributed by atoms with Gasteiger partial charge in [0, 0.05) is 18.3 Å². The normalized spacial score (nSPS) is 11.6. The fraction of sp³-hybridized carbons (Fsp3) is 0.227. The second-order valence-electron chi connectivity index (χ2n) is 7.13. The molecular weight excluding hydrogens is 430 g/mol. The predicted molar refractivity (Wildman–Crippen MR) is 121 cm³/mol. The molecule has 0 aliphatic heterocycles. The molecule has 0 fully saturated rings. The maximum absolute atomic E-state index is 12.6. The van der Waals surface area contributed by atoms with Crippen molar-refractivity contribution in [1.82, 2.24) is 20.1 Å². The smallest absolute Gasteiger partial charge is 0.335 e. The molecule has 1 aromatic heterocycles. The third-order valence-corrected chi connectivity index (χ3v) is 5.74. The lowest BCUT2D eigenvalue weighted by Crippen LogP contribution is -2.29. The van der Waals surface area contributed by atoms with Crippen molar-refractivity contribution < 1.29 is 19.5 Å². The van der Waals surface area contributed by atoms with E-state index in [2.05, 4.69) is 20.8 Å². The third kappa shape index (κ3) is 5.52. The number of anilines is 1. The van der Waals surface area contributed by atoms with Gasteiger partial charge < -0.3 is 20.3 Å². The van der Waals surface area contributed by atoms with Crippen LogP contribution in [-0.4, -0.2) is 43.4 Å². The first-order chi connectivity index (χ1) is 15.3. The molecule has 0 saturated carbocycles. The monoisotopic (exact) mass is 453 g/mol. The Morgan fingerprint density at radius 1 is 1.12 bits per heavy atom. The number of rotatable bonds is 8. The van der Waals surface area contributed by atoms with E-state index in [0.29, 0.717) is 22.2 Å². The van der Waals surface area contributed by atoms with Crippen LogP contribution in [0.4, 0.5) is 5.69 Å². The highest BCUT2D eigenvalue weighted by atomic mass is 32.2. The average molecular weight is 454 g/mol. The van der Waals surface area contributed by atoms with E-state index in [0.717, 1.165) is 5.56 Å². The van der Waals surface area contributed by atoms with Gasteiger partial charge in [-0.1, -0.05) is 36.0 Å². The molecule has 3 aromatic rings. The molecule has 0 spiro atoms. The molecule has 9 nitrogen and oxygen atoms in total. The number of aromatic nitrogens is 3. The lowest BCUT2D eigenvalue weighted by Gasteiger charge is -2.14. The molecule has 0 unspecified atom stereocenters. The SMILES string of the molecule is Cc1ccccc1C(=O)N[C@@H](C)c1nnc(SCC(=O)Nc2cccc(C(=O)O)c2)n1C. The standard InChI is InChI=1S/C22H23N5O4S/c1-13-7-4-5-10-17(13)20(29)23-14(2)19-25-26-22(27(19)3)32-12-18(28)24-16-9-6-8-15(11-16)21(30)31/h4-11,14H,12H2,1-3H3,(H,23,29)(H,24,28)(H,30,31)/t14-/m0/s1. The third-order valence-electron chi connectivity index (χ3n) is 4.72. The highest BCUT2D eigenvalue weighted by molar-refractivity contribution is 7.99. The first kappa shape index (κ1) is 23.0. The Bertz CT molecular complexity index is 1160. The average Bonchev–Trinajstić information content (AvgIpc) is 3.13. The molecular formula is C22H23N5O4S. The van der Waals surface area contributed by atoms with E-state index in [1.807, 2.05) is 32.0 Å². The highest BCUT2D eigenvalue weighted by Crippen LogP contribution is 2.20. The number of aryl methyl sites for hydroxylation is 1. The van der Waals surface area contributed by atoms with E-state index in [9.17, 15) is 14.4 Å². The maximum atomic E-state index is 12.6. The van der Waals surface area contributed by atoms with Crippen LogP contribution in [0.1, 0.15) is 45.1 Å². The summed E-state index contributed by atoms with van der Waals surface area (Å²) in [7, 11) is 1.77. The molecule has 0 radical (unpaired) electrons. The van der Waals surface area contributed by atoms with Crippen LogP contribution in [0, 0.1) is 6.92 Å². The van der Waals surface area contributed by atoms with E-state index >= 15 is 0 Å². The van der Waals surface area contributed by atoms with E-state index in [4.69, 9.17) is 5.11 Å². The summed E-state index contributed by atoms with van der Waals surface area (Å²) >= 11 is 1.19. The number of hydrogen-bond acceptors (Lipinski definition) is 6. The van der Waals surface area contributed by atoms with Crippen LogP contribution < -0.4 is 10.6 Å². The van der Waals surface area contributed by atoms with E-state index < -0.39 is 5.97 Å². The van der Waals surface area contributed by atoms with Crippen molar-refractivity contribution in [3.8, 4) is 0 Å². The second-order valence-corrected chi connectivity index (χ2v) is 8.08. The molecule has 32 heavy (non-hydrogen) atoms. The van der Waals surface area contributed by atoms with Crippen molar-refractivity contribution in [2.24, 2.45) is 7.05 Å². The van der Waals surface area contributed by atoms with Crippen LogP contribution in [0.3, 0.4) is 0 Å². The summed E-state index contributed by atoms with van der Waals surface area (Å²) in [6, 6.07) is 13.0. The number of carboxylic acids is 1. The molecule has 0 bridgehead atoms. The first-order valence-electron chi connectivity index (χ1n) is 9.78. The second kappa shape index (κ2) is 10.1. The Labute approximate surface area is 189 Å². The van der Waals surface area contributed by atoms with Crippen molar-refractivity contribution in [2.45, 2.75) is 25.0 Å². The van der Waals surface area contributed by atoms with Crippen LogP contribution in [0.15, 0.2) is 53.7 Å². The van der Waals surface area contributed by atoms with Crippen molar-refractivity contribution in [1.29, 1.82) is 0 Å². The molecule has 0 saturated heterocycles. The van der Waals surface area contributed by atoms with Crippen LogP contribution in [0.2, 0.25) is 0 Å². The molecule has 0 aliphatic rings. The Balaban J connectivity index is 1.59. The van der Waals surface area contributed by atoms with Crippen molar-refractivity contribution in [3.05, 3.63) is 71.0 Å². The van der Waals surface area contributed by atoms with Crippen LogP contribution in [0.25, 0.3) is 0 Å². The fourth-order valence-corrected chi connectivity index (χ4v) is 3.77. The van der Waals surface area contributed by atoms with Crippen LogP contribution in [-0.2, 0) is 11.8 Å². The van der Waals surface area contributed by atoms with Gasteiger partial charge in [0.1, 0.15) is 0 Å². The molecule has 0 aliphatic carbocycles. The minimum Gasteiger partial charge on any atom is -0.478 e. The Hall–Kier alpha value is -3.66. The Morgan fingerprint density at radius 2 is 1.88 bits per heavy atom. The van der Waals surface area contributed by atoms with Gasteiger partial charge in [-0.2, -0.15) is 0 Å². The fourth-order valence-electron chi connectivity index (χ4n) is 3.05. The van der Waals surface area contributed by atoms with Gasteiger partial charge >= 0.3 is 5.97 Å². The van der Waals surface area contributed by atoms with Gasteiger partial charge in [0.25, 0.3) is 5.91 Å². The summed E-state index contributed by atoms with van der Waals surface area (Å²) in [4.78, 5) is 35.9. The lowest BCUT2D eigenvalue weighted by atomic mass is 10.1. The molecule has 1 heterocycles. The predicted octanol–water partition coefficient (Wildman–Crippen LogP) is 3.04. The zero-order chi connectivity index (χ0) is 23.3. The highest BCUT2D eigenvalue weighted by Gasteiger charge is 2.19. The summed E-state index contributed by atoms with van der Waals surface area (Å²) < 4.78 is 1.73. The largest absolute Gasteiger partial charge is 0.478 e. The molecule has 10 heteroatoms. The molecule has 3 rings (SSSR count). The number of carboxylic acid groups (broad SMARTS) is 1. The quantitative estimate of drug-likeness (QED) is 0.448. The number of thioether (sulfide) groups is 1. The van der Waals surface area contributed by atoms with Gasteiger partial charge in [0.05, 0.1) is 17.4 Å². The van der Waals surface area contributed by atoms with Gasteiger partial charge in [0.2, 0.25) is 5.91 Å². The number of carbonyl (C=O) groups excluding carboxylic acids is 2. The molecule has 3 N–H and O–H groups in total. The van der Waals surface area contributed by atoms with E-state index in [1.165, 1.54) is 23.9 Å². The lowest BCUT2D eigenvalue weighted by molar-refractivity contribution is -0.113. The number of benzene rings is 2. The van der Waals surface area contributed by atoms with Crippen LogP contribution in [0.5, 0.6) is 0 Å². The minimum atomic E-state index is -1.06. The number of aromatic carboxylic acids is 1. The maximum Gasteiger partial charge on any atom is 0.335 e. The van der Waals surface area contributed by atoms with Gasteiger partial charge in [0.15, 0.2) is 11.0 Å². The van der Waals surface area contributed by atoms with Crippen LogP contribution >= 0.6 is 11.8 Å². The summed E-state index contributed by atoms with van der Waals surface area (Å²) in [5.74, 6) is -0.943. The zero-order valence-corrected chi connectivity index (χ0v) is 18.6.